The van der Waals surface area contributed by atoms with Gasteiger partial charge >= 0.3 is 12.1 Å². The SMILES string of the molecule is CC(C)C(NC(=O)C1(NC(=O)OCC2c3ccccc3-c3ccccc32)CCN(Cc2ccccc2)CC1)C(=O)O. The van der Waals surface area contributed by atoms with Crippen molar-refractivity contribution in [3.8, 4) is 11.1 Å². The minimum atomic E-state index is -1.28. The number of ether oxygens (including phenoxy) is 1. The number of benzene rings is 3. The van der Waals surface area contributed by atoms with E-state index in [0.29, 0.717) is 25.9 Å². The van der Waals surface area contributed by atoms with E-state index in [-0.39, 0.29) is 18.4 Å². The van der Waals surface area contributed by atoms with Crippen molar-refractivity contribution in [2.24, 2.45) is 5.92 Å². The maximum absolute atomic E-state index is 13.7. The van der Waals surface area contributed by atoms with Crippen LogP contribution in [0.3, 0.4) is 0 Å². The number of hydrogen-bond acceptors (Lipinski definition) is 5. The van der Waals surface area contributed by atoms with Crippen LogP contribution < -0.4 is 10.6 Å². The Bertz CT molecular complexity index is 1350. The zero-order valence-corrected chi connectivity index (χ0v) is 23.5. The molecule has 41 heavy (non-hydrogen) atoms. The second-order valence-corrected chi connectivity index (χ2v) is 11.3. The van der Waals surface area contributed by atoms with Gasteiger partial charge in [0, 0.05) is 25.6 Å². The standard InChI is InChI=1S/C33H37N3O5/c1-22(2)29(30(37)38)34-31(39)33(16-18-36(19-17-33)20-23-10-4-3-5-11-23)35-32(40)41-21-28-26-14-8-6-12-24(26)25-13-7-9-15-27(25)28/h3-15,22,28-29H,16-21H2,1-2H3,(H,34,39)(H,35,40)(H,37,38). The molecule has 0 spiro atoms. The maximum atomic E-state index is 13.7. The summed E-state index contributed by atoms with van der Waals surface area (Å²) in [5, 5.41) is 15.3. The van der Waals surface area contributed by atoms with E-state index < -0.39 is 29.6 Å². The van der Waals surface area contributed by atoms with Crippen LogP contribution >= 0.6 is 0 Å². The molecule has 5 rings (SSSR count). The summed E-state index contributed by atoms with van der Waals surface area (Å²) in [7, 11) is 0. The molecule has 1 fully saturated rings. The average molecular weight is 556 g/mol. The van der Waals surface area contributed by atoms with E-state index >= 15 is 0 Å². The van der Waals surface area contributed by atoms with Crippen molar-refractivity contribution in [1.82, 2.24) is 15.5 Å². The Labute approximate surface area is 240 Å². The van der Waals surface area contributed by atoms with Gasteiger partial charge < -0.3 is 20.5 Å². The first-order valence-corrected chi connectivity index (χ1v) is 14.2. The molecular weight excluding hydrogens is 518 g/mol. The number of carbonyl (C=O) groups excluding carboxylic acids is 2. The highest BCUT2D eigenvalue weighted by atomic mass is 16.5. The molecule has 1 atom stereocenters. The van der Waals surface area contributed by atoms with E-state index in [4.69, 9.17) is 4.74 Å². The number of nitrogens with one attached hydrogen (secondary N) is 2. The molecule has 8 nitrogen and oxygen atoms in total. The minimum Gasteiger partial charge on any atom is -0.480 e. The highest BCUT2D eigenvalue weighted by Gasteiger charge is 2.45. The predicted octanol–water partition coefficient (Wildman–Crippen LogP) is 4.79. The molecule has 8 heteroatoms. The summed E-state index contributed by atoms with van der Waals surface area (Å²) >= 11 is 0. The lowest BCUT2D eigenvalue weighted by Gasteiger charge is -2.41. The molecule has 2 aliphatic rings. The Morgan fingerprint density at radius 2 is 1.46 bits per heavy atom. The van der Waals surface area contributed by atoms with Gasteiger partial charge in [0.2, 0.25) is 5.91 Å². The van der Waals surface area contributed by atoms with Gasteiger partial charge in [-0.25, -0.2) is 9.59 Å². The van der Waals surface area contributed by atoms with Crippen LogP contribution in [0.2, 0.25) is 0 Å². The van der Waals surface area contributed by atoms with Gasteiger partial charge in [0.15, 0.2) is 0 Å². The molecule has 1 saturated heterocycles. The Hall–Kier alpha value is -4.17. The number of alkyl carbamates (subject to hydrolysis) is 1. The van der Waals surface area contributed by atoms with Crippen molar-refractivity contribution < 1.29 is 24.2 Å². The highest BCUT2D eigenvalue weighted by Crippen LogP contribution is 2.44. The van der Waals surface area contributed by atoms with Crippen LogP contribution in [0.25, 0.3) is 11.1 Å². The van der Waals surface area contributed by atoms with Crippen LogP contribution in [0.4, 0.5) is 4.79 Å². The maximum Gasteiger partial charge on any atom is 0.408 e. The first kappa shape index (κ1) is 28.4. The summed E-state index contributed by atoms with van der Waals surface area (Å²) in [5.74, 6) is -2.03. The number of likely N-dealkylation sites (tertiary alicyclic amines) is 1. The van der Waals surface area contributed by atoms with E-state index in [1.54, 1.807) is 13.8 Å². The largest absolute Gasteiger partial charge is 0.480 e. The van der Waals surface area contributed by atoms with Crippen molar-refractivity contribution in [2.75, 3.05) is 19.7 Å². The normalized spacial score (nSPS) is 16.9. The summed E-state index contributed by atoms with van der Waals surface area (Å²) in [6, 6.07) is 25.2. The molecular formula is C33H37N3O5. The van der Waals surface area contributed by atoms with Gasteiger partial charge in [-0.2, -0.15) is 0 Å². The number of carboxylic acids is 1. The Balaban J connectivity index is 1.30. The summed E-state index contributed by atoms with van der Waals surface area (Å²) in [5.41, 5.74) is 4.35. The lowest BCUT2D eigenvalue weighted by molar-refractivity contribution is -0.144. The molecule has 0 saturated carbocycles. The molecule has 0 radical (unpaired) electrons. The monoisotopic (exact) mass is 555 g/mol. The van der Waals surface area contributed by atoms with E-state index in [9.17, 15) is 19.5 Å². The van der Waals surface area contributed by atoms with Gasteiger partial charge in [0.1, 0.15) is 18.2 Å². The van der Waals surface area contributed by atoms with E-state index in [1.807, 2.05) is 42.5 Å². The first-order chi connectivity index (χ1) is 19.8. The quantitative estimate of drug-likeness (QED) is 0.351. The zero-order chi connectivity index (χ0) is 29.0. The number of hydrogen-bond donors (Lipinski definition) is 3. The fourth-order valence-electron chi connectivity index (χ4n) is 5.97. The topological polar surface area (TPSA) is 108 Å². The lowest BCUT2D eigenvalue weighted by Crippen LogP contribution is -2.65. The first-order valence-electron chi connectivity index (χ1n) is 14.2. The zero-order valence-electron chi connectivity index (χ0n) is 23.5. The van der Waals surface area contributed by atoms with Gasteiger partial charge in [0.25, 0.3) is 0 Å². The van der Waals surface area contributed by atoms with Crippen LogP contribution in [0, 0.1) is 5.92 Å². The van der Waals surface area contributed by atoms with Gasteiger partial charge in [-0.15, -0.1) is 0 Å². The third-order valence-electron chi connectivity index (χ3n) is 8.30. The predicted molar refractivity (Wildman–Crippen MR) is 156 cm³/mol. The number of piperidine rings is 1. The molecule has 0 bridgehead atoms. The van der Waals surface area contributed by atoms with Gasteiger partial charge in [-0.1, -0.05) is 92.7 Å². The summed E-state index contributed by atoms with van der Waals surface area (Å²) < 4.78 is 5.78. The molecule has 3 N–H and O–H groups in total. The molecule has 214 valence electrons. The number of aliphatic carboxylic acids is 1. The number of fused-ring (bicyclic) bond motifs is 3. The summed E-state index contributed by atoms with van der Waals surface area (Å²) in [6.45, 7) is 5.46. The summed E-state index contributed by atoms with van der Waals surface area (Å²) in [4.78, 5) is 41.0. The molecule has 3 aromatic rings. The minimum absolute atomic E-state index is 0.108. The Kier molecular flexibility index (Phi) is 8.40. The van der Waals surface area contributed by atoms with Gasteiger partial charge in [-0.3, -0.25) is 9.69 Å². The van der Waals surface area contributed by atoms with Crippen LogP contribution in [0.5, 0.6) is 0 Å². The van der Waals surface area contributed by atoms with Crippen molar-refractivity contribution in [3.63, 3.8) is 0 Å². The molecule has 2 amide bonds. The molecule has 1 heterocycles. The number of carboxylic acid groups (broad SMARTS) is 1. The molecule has 1 aliphatic carbocycles. The average Bonchev–Trinajstić information content (AvgIpc) is 3.29. The van der Waals surface area contributed by atoms with E-state index in [2.05, 4.69) is 51.9 Å². The van der Waals surface area contributed by atoms with Crippen LogP contribution in [-0.4, -0.2) is 59.3 Å². The number of amides is 2. The fraction of sp³-hybridized carbons (Fsp3) is 0.364. The third-order valence-corrected chi connectivity index (χ3v) is 8.30. The van der Waals surface area contributed by atoms with Crippen molar-refractivity contribution in [3.05, 3.63) is 95.6 Å². The van der Waals surface area contributed by atoms with Crippen molar-refractivity contribution in [2.45, 2.75) is 50.7 Å². The van der Waals surface area contributed by atoms with Crippen molar-refractivity contribution >= 4 is 18.0 Å². The van der Waals surface area contributed by atoms with Crippen LogP contribution in [0.1, 0.15) is 49.3 Å². The second-order valence-electron chi connectivity index (χ2n) is 11.3. The van der Waals surface area contributed by atoms with Crippen LogP contribution in [0.15, 0.2) is 78.9 Å². The molecule has 3 aromatic carbocycles. The highest BCUT2D eigenvalue weighted by molar-refractivity contribution is 5.93. The Morgan fingerprint density at radius 3 is 2.02 bits per heavy atom. The summed E-state index contributed by atoms with van der Waals surface area (Å²) in [6.07, 6.45) is -0.0180. The van der Waals surface area contributed by atoms with Crippen molar-refractivity contribution in [1.29, 1.82) is 0 Å². The third kappa shape index (κ3) is 6.12. The second kappa shape index (κ2) is 12.1. The number of carbonyl (C=O) groups is 3. The molecule has 1 aliphatic heterocycles. The Morgan fingerprint density at radius 1 is 0.902 bits per heavy atom. The fourth-order valence-corrected chi connectivity index (χ4v) is 5.97. The number of rotatable bonds is 9. The van der Waals surface area contributed by atoms with Crippen LogP contribution in [-0.2, 0) is 20.9 Å². The lowest BCUT2D eigenvalue weighted by atomic mass is 9.85. The van der Waals surface area contributed by atoms with Gasteiger partial charge in [0.05, 0.1) is 0 Å². The molecule has 0 aromatic heterocycles. The molecule has 1 unspecified atom stereocenters. The smallest absolute Gasteiger partial charge is 0.408 e. The van der Waals surface area contributed by atoms with Gasteiger partial charge in [-0.05, 0) is 46.6 Å². The van der Waals surface area contributed by atoms with E-state index in [0.717, 1.165) is 28.8 Å². The number of nitrogens with zero attached hydrogens (tertiary/aromatic N) is 1. The van der Waals surface area contributed by atoms with E-state index in [1.165, 1.54) is 5.56 Å².